The summed E-state index contributed by atoms with van der Waals surface area (Å²) in [7, 11) is -0.225. The number of nitrogens with zero attached hydrogens (tertiary/aromatic N) is 1. The van der Waals surface area contributed by atoms with Gasteiger partial charge in [-0.15, -0.1) is 12.4 Å². The zero-order valence-corrected chi connectivity index (χ0v) is 11.0. The van der Waals surface area contributed by atoms with Crippen LogP contribution in [-0.4, -0.2) is 45.4 Å². The van der Waals surface area contributed by atoms with E-state index in [9.17, 15) is 8.42 Å². The van der Waals surface area contributed by atoms with E-state index in [0.29, 0.717) is 0 Å². The Balaban J connectivity index is 0.00000196. The molecule has 2 unspecified atom stereocenters. The molecule has 7 heteroatoms. The van der Waals surface area contributed by atoms with Crippen LogP contribution in [0.1, 0.15) is 19.8 Å². The lowest BCUT2D eigenvalue weighted by atomic mass is 10.0. The van der Waals surface area contributed by atoms with E-state index in [1.807, 2.05) is 6.92 Å². The third kappa shape index (κ3) is 4.24. The van der Waals surface area contributed by atoms with Crippen LogP contribution in [0.15, 0.2) is 0 Å². The average Bonchev–Trinajstić information content (AvgIpc) is 2.08. The summed E-state index contributed by atoms with van der Waals surface area (Å²) in [6.45, 7) is 2.98. The molecule has 1 fully saturated rings. The molecular formula is C8H20ClN3O2S. The molecule has 15 heavy (non-hydrogen) atoms. The first-order valence-corrected chi connectivity index (χ1v) is 6.30. The summed E-state index contributed by atoms with van der Waals surface area (Å²) >= 11 is 0. The van der Waals surface area contributed by atoms with Gasteiger partial charge < -0.3 is 5.32 Å². The van der Waals surface area contributed by atoms with Crippen molar-refractivity contribution in [3.8, 4) is 0 Å². The molecule has 0 amide bonds. The molecule has 0 spiro atoms. The third-order valence-corrected chi connectivity index (χ3v) is 4.10. The molecular weight excluding hydrogens is 238 g/mol. The minimum absolute atomic E-state index is 0. The second-order valence-electron chi connectivity index (χ2n) is 3.90. The summed E-state index contributed by atoms with van der Waals surface area (Å²) < 4.78 is 26.9. The van der Waals surface area contributed by atoms with Gasteiger partial charge >= 0.3 is 0 Å². The first kappa shape index (κ1) is 15.1. The van der Waals surface area contributed by atoms with Gasteiger partial charge in [0.1, 0.15) is 0 Å². The fourth-order valence-corrected chi connectivity index (χ4v) is 2.42. The molecule has 0 aromatic rings. The Morgan fingerprint density at radius 2 is 2.00 bits per heavy atom. The van der Waals surface area contributed by atoms with Crippen LogP contribution in [0.3, 0.4) is 0 Å². The molecule has 0 saturated carbocycles. The molecule has 92 valence electrons. The molecule has 1 saturated heterocycles. The van der Waals surface area contributed by atoms with Gasteiger partial charge in [0.25, 0.3) is 10.2 Å². The van der Waals surface area contributed by atoms with Gasteiger partial charge in [-0.2, -0.15) is 17.4 Å². The summed E-state index contributed by atoms with van der Waals surface area (Å²) in [5, 5.41) is 3.25. The zero-order chi connectivity index (χ0) is 10.8. The highest BCUT2D eigenvalue weighted by Gasteiger charge is 2.26. The lowest BCUT2D eigenvalue weighted by Crippen LogP contribution is -2.53. The van der Waals surface area contributed by atoms with Crippen molar-refractivity contribution in [1.29, 1.82) is 0 Å². The summed E-state index contributed by atoms with van der Waals surface area (Å²) in [4.78, 5) is 0. The Kier molecular flexibility index (Phi) is 6.05. The van der Waals surface area contributed by atoms with E-state index in [4.69, 9.17) is 0 Å². The fourth-order valence-electron chi connectivity index (χ4n) is 1.50. The maximum atomic E-state index is 11.5. The number of halogens is 1. The van der Waals surface area contributed by atoms with Crippen LogP contribution in [0.4, 0.5) is 0 Å². The third-order valence-electron chi connectivity index (χ3n) is 2.54. The lowest BCUT2D eigenvalue weighted by molar-refractivity contribution is 0.343. The zero-order valence-electron chi connectivity index (χ0n) is 9.36. The molecule has 1 aliphatic rings. The van der Waals surface area contributed by atoms with Crippen molar-refractivity contribution in [2.75, 3.05) is 20.6 Å². The molecule has 1 heterocycles. The summed E-state index contributed by atoms with van der Waals surface area (Å²) in [5.74, 6) is 0. The van der Waals surface area contributed by atoms with Gasteiger partial charge in [0.05, 0.1) is 0 Å². The van der Waals surface area contributed by atoms with Gasteiger partial charge in [-0.3, -0.25) is 0 Å². The Hall–Kier alpha value is 0.120. The minimum Gasteiger partial charge on any atom is -0.313 e. The normalized spacial score (nSPS) is 27.5. The van der Waals surface area contributed by atoms with Gasteiger partial charge in [-0.1, -0.05) is 0 Å². The van der Waals surface area contributed by atoms with Gasteiger partial charge in [0, 0.05) is 26.2 Å². The Morgan fingerprint density at radius 1 is 1.40 bits per heavy atom. The molecule has 2 atom stereocenters. The van der Waals surface area contributed by atoms with Crippen LogP contribution in [0.2, 0.25) is 0 Å². The van der Waals surface area contributed by atoms with Crippen LogP contribution >= 0.6 is 12.4 Å². The van der Waals surface area contributed by atoms with Crippen LogP contribution in [0.25, 0.3) is 0 Å². The van der Waals surface area contributed by atoms with E-state index in [-0.39, 0.29) is 24.5 Å². The highest BCUT2D eigenvalue weighted by atomic mass is 35.5. The molecule has 0 aromatic carbocycles. The maximum absolute atomic E-state index is 11.5. The Morgan fingerprint density at radius 3 is 2.47 bits per heavy atom. The predicted molar refractivity (Wildman–Crippen MR) is 63.5 cm³/mol. The fraction of sp³-hybridized carbons (Fsp3) is 1.00. The summed E-state index contributed by atoms with van der Waals surface area (Å²) in [6, 6.07) is 0.217. The average molecular weight is 258 g/mol. The molecule has 0 aromatic heterocycles. The van der Waals surface area contributed by atoms with Crippen LogP contribution in [0, 0.1) is 0 Å². The van der Waals surface area contributed by atoms with Crippen molar-refractivity contribution in [3.63, 3.8) is 0 Å². The quantitative estimate of drug-likeness (QED) is 0.745. The molecule has 0 bridgehead atoms. The first-order valence-electron chi connectivity index (χ1n) is 4.86. The van der Waals surface area contributed by atoms with E-state index >= 15 is 0 Å². The van der Waals surface area contributed by atoms with Crippen molar-refractivity contribution in [1.82, 2.24) is 14.3 Å². The molecule has 1 rings (SSSR count). The number of hydrogen-bond acceptors (Lipinski definition) is 3. The number of hydrogen-bond donors (Lipinski definition) is 2. The SMILES string of the molecule is CC1NCCCC1NS(=O)(=O)N(C)C.Cl. The Bertz CT molecular complexity index is 282. The smallest absolute Gasteiger partial charge is 0.279 e. The second-order valence-corrected chi connectivity index (χ2v) is 5.81. The highest BCUT2D eigenvalue weighted by Crippen LogP contribution is 2.09. The van der Waals surface area contributed by atoms with Gasteiger partial charge in [-0.05, 0) is 26.3 Å². The van der Waals surface area contributed by atoms with E-state index in [0.717, 1.165) is 19.4 Å². The molecule has 0 radical (unpaired) electrons. The molecule has 1 aliphatic heterocycles. The number of rotatable bonds is 3. The van der Waals surface area contributed by atoms with Crippen molar-refractivity contribution < 1.29 is 8.42 Å². The van der Waals surface area contributed by atoms with E-state index in [1.165, 1.54) is 18.4 Å². The first-order chi connectivity index (χ1) is 6.43. The topological polar surface area (TPSA) is 61.4 Å². The minimum atomic E-state index is -3.29. The van der Waals surface area contributed by atoms with Crippen molar-refractivity contribution in [3.05, 3.63) is 0 Å². The van der Waals surface area contributed by atoms with Gasteiger partial charge in [0.2, 0.25) is 0 Å². The van der Waals surface area contributed by atoms with Crippen molar-refractivity contribution in [2.24, 2.45) is 0 Å². The van der Waals surface area contributed by atoms with Crippen molar-refractivity contribution >= 4 is 22.6 Å². The van der Waals surface area contributed by atoms with Crippen LogP contribution in [0.5, 0.6) is 0 Å². The largest absolute Gasteiger partial charge is 0.313 e. The van der Waals surface area contributed by atoms with Crippen LogP contribution < -0.4 is 10.0 Å². The number of nitrogens with one attached hydrogen (secondary N) is 2. The lowest BCUT2D eigenvalue weighted by Gasteiger charge is -2.31. The van der Waals surface area contributed by atoms with Crippen LogP contribution in [-0.2, 0) is 10.2 Å². The Labute approximate surface area is 98.2 Å². The summed E-state index contributed by atoms with van der Waals surface area (Å²) in [6.07, 6.45) is 1.92. The van der Waals surface area contributed by atoms with Gasteiger partial charge in [-0.25, -0.2) is 0 Å². The second kappa shape index (κ2) is 6.00. The number of piperidine rings is 1. The summed E-state index contributed by atoms with van der Waals surface area (Å²) in [5.41, 5.74) is 0. The molecule has 2 N–H and O–H groups in total. The van der Waals surface area contributed by atoms with E-state index < -0.39 is 10.2 Å². The highest BCUT2D eigenvalue weighted by molar-refractivity contribution is 7.87. The monoisotopic (exact) mass is 257 g/mol. The van der Waals surface area contributed by atoms with Gasteiger partial charge in [0.15, 0.2) is 0 Å². The van der Waals surface area contributed by atoms with E-state index in [2.05, 4.69) is 10.0 Å². The van der Waals surface area contributed by atoms with Crippen molar-refractivity contribution in [2.45, 2.75) is 31.8 Å². The molecule has 0 aliphatic carbocycles. The molecule has 5 nitrogen and oxygen atoms in total. The standard InChI is InChI=1S/C8H19N3O2S.ClH/c1-7-8(5-4-6-9-7)10-14(12,13)11(2)3;/h7-10H,4-6H2,1-3H3;1H. The predicted octanol–water partition coefficient (Wildman–Crippen LogP) is -0.0553. The van der Waals surface area contributed by atoms with E-state index in [1.54, 1.807) is 0 Å². The maximum Gasteiger partial charge on any atom is 0.279 e.